The van der Waals surface area contributed by atoms with Gasteiger partial charge in [-0.15, -0.1) is 0 Å². The Bertz CT molecular complexity index is 772. The first-order valence-electron chi connectivity index (χ1n) is 6.98. The number of methoxy groups -OCH3 is 2. The molecule has 0 saturated heterocycles. The molecule has 0 aliphatic rings. The first-order valence-corrected chi connectivity index (χ1v) is 6.98. The van der Waals surface area contributed by atoms with Gasteiger partial charge in [-0.3, -0.25) is 9.48 Å². The van der Waals surface area contributed by atoms with E-state index in [9.17, 15) is 18.0 Å². The number of alkyl halides is 3. The number of benzene rings is 1. The van der Waals surface area contributed by atoms with Crippen LogP contribution in [0.3, 0.4) is 0 Å². The summed E-state index contributed by atoms with van der Waals surface area (Å²) in [5.74, 6) is 0.456. The molecule has 1 N–H and O–H groups in total. The minimum absolute atomic E-state index is 0.396. The highest BCUT2D eigenvalue weighted by atomic mass is 19.4. The predicted molar refractivity (Wildman–Crippen MR) is 82.5 cm³/mol. The molecule has 1 aromatic carbocycles. The van der Waals surface area contributed by atoms with E-state index in [-0.39, 0.29) is 0 Å². The number of nitrogens with zero attached hydrogens (tertiary/aromatic N) is 3. The maximum Gasteiger partial charge on any atom is 0.435 e. The number of ether oxygens (including phenoxy) is 2. The molecule has 0 bridgehead atoms. The van der Waals surface area contributed by atoms with Crippen molar-refractivity contribution < 1.29 is 27.4 Å². The van der Waals surface area contributed by atoms with Crippen LogP contribution in [0.1, 0.15) is 11.3 Å². The minimum atomic E-state index is -4.55. The van der Waals surface area contributed by atoms with Crippen LogP contribution in [-0.4, -0.2) is 36.1 Å². The van der Waals surface area contributed by atoms with Crippen molar-refractivity contribution in [3.8, 4) is 11.5 Å². The molecule has 1 heterocycles. The van der Waals surface area contributed by atoms with Crippen molar-refractivity contribution in [1.29, 1.82) is 0 Å². The fourth-order valence-electron chi connectivity index (χ4n) is 1.88. The molecule has 0 unspecified atom stereocenters. The molecule has 0 spiro atoms. The molecule has 7 nitrogen and oxygen atoms in total. The summed E-state index contributed by atoms with van der Waals surface area (Å²) in [5.41, 5.74) is 1.73. The zero-order valence-corrected chi connectivity index (χ0v) is 13.4. The van der Waals surface area contributed by atoms with Gasteiger partial charge in [-0.1, -0.05) is 0 Å². The van der Waals surface area contributed by atoms with Crippen LogP contribution in [-0.2, 0) is 17.5 Å². The van der Waals surface area contributed by atoms with Crippen molar-refractivity contribution >= 4 is 12.1 Å². The Morgan fingerprint density at radius 1 is 1.32 bits per heavy atom. The summed E-state index contributed by atoms with van der Waals surface area (Å²) < 4.78 is 48.4. The number of hydrogen-bond donors (Lipinski definition) is 1. The van der Waals surface area contributed by atoms with Gasteiger partial charge in [-0.05, 0) is 18.2 Å². The molecule has 0 atom stereocenters. The summed E-state index contributed by atoms with van der Waals surface area (Å²) in [6, 6.07) is 5.80. The van der Waals surface area contributed by atoms with Crippen molar-refractivity contribution in [1.82, 2.24) is 15.2 Å². The van der Waals surface area contributed by atoms with Gasteiger partial charge in [0.05, 0.1) is 20.4 Å². The van der Waals surface area contributed by atoms with Gasteiger partial charge in [0.15, 0.2) is 5.69 Å². The highest BCUT2D eigenvalue weighted by Gasteiger charge is 2.33. The largest absolute Gasteiger partial charge is 0.497 e. The van der Waals surface area contributed by atoms with Gasteiger partial charge in [0, 0.05) is 17.8 Å². The highest BCUT2D eigenvalue weighted by molar-refractivity contribution is 5.85. The van der Waals surface area contributed by atoms with Crippen molar-refractivity contribution in [3.63, 3.8) is 0 Å². The molecule has 2 rings (SSSR count). The lowest BCUT2D eigenvalue weighted by Gasteiger charge is -2.07. The second-order valence-electron chi connectivity index (χ2n) is 4.80. The van der Waals surface area contributed by atoms with E-state index in [1.165, 1.54) is 20.4 Å². The van der Waals surface area contributed by atoms with Crippen molar-refractivity contribution in [3.05, 3.63) is 41.7 Å². The number of amides is 1. The number of nitrogens with one attached hydrogen (secondary N) is 1. The van der Waals surface area contributed by atoms with E-state index in [4.69, 9.17) is 9.47 Å². The first kappa shape index (κ1) is 18.3. The Labute approximate surface area is 141 Å². The number of carbonyl (C=O) groups is 1. The normalized spacial score (nSPS) is 11.6. The standard InChI is InChI=1S/C15H15F3N4O3/c1-24-11-4-3-10(12(7-11)25-2)8-19-20-14(23)9-22-6-5-13(21-22)15(16,17)18/h3-8H,9H2,1-2H3,(H,20,23)/b19-8+. The molecule has 134 valence electrons. The molecule has 0 radical (unpaired) electrons. The Kier molecular flexibility index (Phi) is 5.63. The number of hydrogen-bond acceptors (Lipinski definition) is 5. The molecular weight excluding hydrogens is 341 g/mol. The average Bonchev–Trinajstić information content (AvgIpc) is 3.03. The maximum atomic E-state index is 12.4. The molecule has 2 aromatic rings. The van der Waals surface area contributed by atoms with E-state index >= 15 is 0 Å². The SMILES string of the molecule is COc1ccc(/C=N/NC(=O)Cn2ccc(C(F)(F)F)n2)c(OC)c1. The molecule has 0 fully saturated rings. The Morgan fingerprint density at radius 3 is 2.68 bits per heavy atom. The van der Waals surface area contributed by atoms with E-state index in [1.54, 1.807) is 18.2 Å². The molecule has 10 heteroatoms. The maximum absolute atomic E-state index is 12.4. The third-order valence-electron chi connectivity index (χ3n) is 3.07. The average molecular weight is 356 g/mol. The topological polar surface area (TPSA) is 77.7 Å². The van der Waals surface area contributed by atoms with Crippen LogP contribution in [0, 0.1) is 0 Å². The van der Waals surface area contributed by atoms with Gasteiger partial charge in [-0.25, -0.2) is 5.43 Å². The predicted octanol–water partition coefficient (Wildman–Crippen LogP) is 2.07. The van der Waals surface area contributed by atoms with Gasteiger partial charge >= 0.3 is 6.18 Å². The van der Waals surface area contributed by atoms with Gasteiger partial charge in [-0.2, -0.15) is 23.4 Å². The lowest BCUT2D eigenvalue weighted by atomic mass is 10.2. The fourth-order valence-corrected chi connectivity index (χ4v) is 1.88. The monoisotopic (exact) mass is 356 g/mol. The first-order chi connectivity index (χ1) is 11.8. The molecular formula is C15H15F3N4O3. The zero-order valence-electron chi connectivity index (χ0n) is 13.4. The van der Waals surface area contributed by atoms with Gasteiger partial charge in [0.25, 0.3) is 5.91 Å². The number of rotatable bonds is 6. The fraction of sp³-hybridized carbons (Fsp3) is 0.267. The number of hydrazone groups is 1. The summed E-state index contributed by atoms with van der Waals surface area (Å²) in [6.07, 6.45) is -2.14. The second kappa shape index (κ2) is 7.69. The lowest BCUT2D eigenvalue weighted by molar-refractivity contribution is -0.141. The molecule has 1 amide bonds. The molecule has 1 aromatic heterocycles. The zero-order chi connectivity index (χ0) is 18.4. The van der Waals surface area contributed by atoms with Crippen LogP contribution in [0.15, 0.2) is 35.6 Å². The number of halogens is 3. The van der Waals surface area contributed by atoms with Crippen LogP contribution in [0.2, 0.25) is 0 Å². The summed E-state index contributed by atoms with van der Waals surface area (Å²) in [7, 11) is 2.99. The van der Waals surface area contributed by atoms with Gasteiger partial charge < -0.3 is 9.47 Å². The number of aromatic nitrogens is 2. The summed E-state index contributed by atoms with van der Waals surface area (Å²) in [4.78, 5) is 11.7. The van der Waals surface area contributed by atoms with Crippen LogP contribution in [0.25, 0.3) is 0 Å². The van der Waals surface area contributed by atoms with E-state index < -0.39 is 24.3 Å². The number of carbonyl (C=O) groups excluding carboxylic acids is 1. The quantitative estimate of drug-likeness (QED) is 0.635. The van der Waals surface area contributed by atoms with Gasteiger partial charge in [0.2, 0.25) is 0 Å². The summed E-state index contributed by atoms with van der Waals surface area (Å²) in [6.45, 7) is -0.396. The highest BCUT2D eigenvalue weighted by Crippen LogP contribution is 2.27. The van der Waals surface area contributed by atoms with E-state index in [0.29, 0.717) is 17.1 Å². The lowest BCUT2D eigenvalue weighted by Crippen LogP contribution is -2.23. The third kappa shape index (κ3) is 4.96. The smallest absolute Gasteiger partial charge is 0.435 e. The van der Waals surface area contributed by atoms with E-state index in [1.807, 2.05) is 0 Å². The Balaban J connectivity index is 1.96. The Morgan fingerprint density at radius 2 is 2.08 bits per heavy atom. The van der Waals surface area contributed by atoms with E-state index in [2.05, 4.69) is 15.6 Å². The Hall–Kier alpha value is -3.04. The summed E-state index contributed by atoms with van der Waals surface area (Å²) in [5, 5.41) is 7.03. The second-order valence-corrected chi connectivity index (χ2v) is 4.80. The van der Waals surface area contributed by atoms with Gasteiger partial charge in [0.1, 0.15) is 18.0 Å². The van der Waals surface area contributed by atoms with Crippen LogP contribution < -0.4 is 14.9 Å². The van der Waals surface area contributed by atoms with Crippen LogP contribution >= 0.6 is 0 Å². The van der Waals surface area contributed by atoms with Crippen molar-refractivity contribution in [2.75, 3.05) is 14.2 Å². The van der Waals surface area contributed by atoms with Crippen molar-refractivity contribution in [2.45, 2.75) is 12.7 Å². The van der Waals surface area contributed by atoms with Crippen LogP contribution in [0.5, 0.6) is 11.5 Å². The summed E-state index contributed by atoms with van der Waals surface area (Å²) >= 11 is 0. The molecule has 0 aliphatic carbocycles. The third-order valence-corrected chi connectivity index (χ3v) is 3.07. The molecule has 0 aliphatic heterocycles. The molecule has 25 heavy (non-hydrogen) atoms. The van der Waals surface area contributed by atoms with Crippen molar-refractivity contribution in [2.24, 2.45) is 5.10 Å². The van der Waals surface area contributed by atoms with Crippen LogP contribution in [0.4, 0.5) is 13.2 Å². The van der Waals surface area contributed by atoms with E-state index in [0.717, 1.165) is 16.9 Å². The minimum Gasteiger partial charge on any atom is -0.497 e. The molecule has 0 saturated carbocycles.